The van der Waals surface area contributed by atoms with Crippen LogP contribution in [-0.4, -0.2) is 23.8 Å². The number of hydrogen-bond donors (Lipinski definition) is 0. The molecule has 0 aliphatic carbocycles. The number of thiazole rings is 1. The van der Waals surface area contributed by atoms with Crippen LogP contribution in [0.4, 0.5) is 0 Å². The van der Waals surface area contributed by atoms with E-state index in [9.17, 15) is 9.59 Å². The summed E-state index contributed by atoms with van der Waals surface area (Å²) >= 11 is 2.86. The van der Waals surface area contributed by atoms with Crippen molar-refractivity contribution >= 4 is 34.4 Å². The van der Waals surface area contributed by atoms with E-state index in [-0.39, 0.29) is 25.2 Å². The Hall–Kier alpha value is -2.51. The summed E-state index contributed by atoms with van der Waals surface area (Å²) in [4.78, 5) is 28.9. The van der Waals surface area contributed by atoms with Crippen LogP contribution in [0.3, 0.4) is 0 Å². The fourth-order valence-corrected chi connectivity index (χ4v) is 3.76. The van der Waals surface area contributed by atoms with Gasteiger partial charge < -0.3 is 9.47 Å². The molecule has 134 valence electrons. The van der Waals surface area contributed by atoms with Gasteiger partial charge in [0, 0.05) is 17.4 Å². The van der Waals surface area contributed by atoms with Gasteiger partial charge in [0.05, 0.1) is 24.1 Å². The molecule has 2 aromatic heterocycles. The molecule has 0 radical (unpaired) electrons. The molecule has 0 unspecified atom stereocenters. The van der Waals surface area contributed by atoms with Crippen molar-refractivity contribution < 1.29 is 19.1 Å². The summed E-state index contributed by atoms with van der Waals surface area (Å²) in [5.41, 5.74) is 1.64. The van der Waals surface area contributed by atoms with Crippen LogP contribution in [0.1, 0.15) is 28.2 Å². The predicted octanol–water partition coefficient (Wildman–Crippen LogP) is 4.59. The Morgan fingerprint density at radius 3 is 2.77 bits per heavy atom. The number of ether oxygens (including phenoxy) is 2. The number of carbonyl (C=O) groups excluding carboxylic acids is 2. The topological polar surface area (TPSA) is 65.5 Å². The molecule has 3 aromatic rings. The smallest absolute Gasteiger partial charge is 0.306 e. The summed E-state index contributed by atoms with van der Waals surface area (Å²) in [6.45, 7) is 0.104. The van der Waals surface area contributed by atoms with Gasteiger partial charge in [-0.1, -0.05) is 18.2 Å². The number of Topliss-reactive ketones (excluding diaryl/α,β-unsaturated/α-hetero) is 1. The van der Waals surface area contributed by atoms with Crippen LogP contribution in [0, 0.1) is 0 Å². The number of carbonyl (C=O) groups is 2. The van der Waals surface area contributed by atoms with Gasteiger partial charge in [-0.15, -0.1) is 22.7 Å². The molecule has 0 amide bonds. The third-order valence-corrected chi connectivity index (χ3v) is 5.45. The molecule has 1 aromatic carbocycles. The fourth-order valence-electron chi connectivity index (χ4n) is 2.26. The van der Waals surface area contributed by atoms with Crippen molar-refractivity contribution in [2.24, 2.45) is 0 Å². The molecule has 26 heavy (non-hydrogen) atoms. The molecule has 0 N–H and O–H groups in total. The minimum absolute atomic E-state index is 0.0362. The zero-order valence-corrected chi connectivity index (χ0v) is 15.8. The molecule has 0 saturated carbocycles. The Bertz CT molecular complexity index is 887. The van der Waals surface area contributed by atoms with E-state index in [0.717, 1.165) is 16.3 Å². The number of hydrogen-bond acceptors (Lipinski definition) is 7. The third-order valence-electron chi connectivity index (χ3n) is 3.60. The highest BCUT2D eigenvalue weighted by Crippen LogP contribution is 2.27. The third kappa shape index (κ3) is 4.77. The number of nitrogens with zero attached hydrogens (tertiary/aromatic N) is 1. The maximum atomic E-state index is 11.9. The Morgan fingerprint density at radius 2 is 2.00 bits per heavy atom. The number of benzene rings is 1. The standard InChI is InChI=1S/C19H17NO4S2/c1-23-15-5-2-4-13(10-15)19-20-14(12-26-19)11-24-18(22)8-7-16(21)17-6-3-9-25-17/h2-6,9-10,12H,7-8,11H2,1H3. The van der Waals surface area contributed by atoms with Crippen molar-refractivity contribution in [3.63, 3.8) is 0 Å². The Balaban J connectivity index is 1.50. The normalized spacial score (nSPS) is 10.5. The lowest BCUT2D eigenvalue weighted by atomic mass is 10.2. The molecular weight excluding hydrogens is 370 g/mol. The maximum absolute atomic E-state index is 11.9. The van der Waals surface area contributed by atoms with E-state index < -0.39 is 5.97 Å². The first kappa shape index (κ1) is 18.3. The van der Waals surface area contributed by atoms with Crippen molar-refractivity contribution in [1.29, 1.82) is 0 Å². The van der Waals surface area contributed by atoms with E-state index in [1.807, 2.05) is 41.1 Å². The second-order valence-electron chi connectivity index (χ2n) is 5.44. The molecule has 0 saturated heterocycles. The molecule has 0 aliphatic rings. The second-order valence-corrected chi connectivity index (χ2v) is 7.24. The Morgan fingerprint density at radius 1 is 1.12 bits per heavy atom. The van der Waals surface area contributed by atoms with Crippen LogP contribution in [0.15, 0.2) is 47.2 Å². The Kier molecular flexibility index (Phi) is 6.14. The van der Waals surface area contributed by atoms with Gasteiger partial charge in [-0.25, -0.2) is 4.98 Å². The molecule has 0 aliphatic heterocycles. The minimum atomic E-state index is -0.397. The summed E-state index contributed by atoms with van der Waals surface area (Å²) in [6.07, 6.45) is 0.231. The van der Waals surface area contributed by atoms with Crippen LogP contribution < -0.4 is 4.74 Å². The first-order valence-corrected chi connectivity index (χ1v) is 9.73. The number of aromatic nitrogens is 1. The summed E-state index contributed by atoms with van der Waals surface area (Å²) in [5.74, 6) is 0.331. The zero-order chi connectivity index (χ0) is 18.4. The summed E-state index contributed by atoms with van der Waals surface area (Å²) in [7, 11) is 1.62. The summed E-state index contributed by atoms with van der Waals surface area (Å²) < 4.78 is 10.4. The van der Waals surface area contributed by atoms with Gasteiger partial charge in [0.25, 0.3) is 0 Å². The fraction of sp³-hybridized carbons (Fsp3) is 0.211. The zero-order valence-electron chi connectivity index (χ0n) is 14.1. The van der Waals surface area contributed by atoms with Gasteiger partial charge in [-0.05, 0) is 23.6 Å². The van der Waals surface area contributed by atoms with Gasteiger partial charge in [0.15, 0.2) is 5.78 Å². The molecule has 2 heterocycles. The average Bonchev–Trinajstić information content (AvgIpc) is 3.36. The van der Waals surface area contributed by atoms with Gasteiger partial charge in [-0.2, -0.15) is 0 Å². The van der Waals surface area contributed by atoms with Crippen LogP contribution in [0.25, 0.3) is 10.6 Å². The lowest BCUT2D eigenvalue weighted by Crippen LogP contribution is -2.07. The second kappa shape index (κ2) is 8.73. The first-order chi connectivity index (χ1) is 12.7. The van der Waals surface area contributed by atoms with E-state index >= 15 is 0 Å². The van der Waals surface area contributed by atoms with Crippen LogP contribution >= 0.6 is 22.7 Å². The monoisotopic (exact) mass is 387 g/mol. The molecule has 0 bridgehead atoms. The van der Waals surface area contributed by atoms with Crippen molar-refractivity contribution in [1.82, 2.24) is 4.98 Å². The first-order valence-electron chi connectivity index (χ1n) is 7.97. The number of methoxy groups -OCH3 is 1. The molecular formula is C19H17NO4S2. The van der Waals surface area contributed by atoms with Crippen molar-refractivity contribution in [3.8, 4) is 16.3 Å². The van der Waals surface area contributed by atoms with Crippen molar-refractivity contribution in [2.45, 2.75) is 19.4 Å². The van der Waals surface area contributed by atoms with E-state index in [1.165, 1.54) is 22.7 Å². The highest BCUT2D eigenvalue weighted by atomic mass is 32.1. The van der Waals surface area contributed by atoms with E-state index in [4.69, 9.17) is 9.47 Å². The maximum Gasteiger partial charge on any atom is 0.306 e. The molecule has 3 rings (SSSR count). The molecule has 0 spiro atoms. The van der Waals surface area contributed by atoms with Gasteiger partial charge >= 0.3 is 5.97 Å². The van der Waals surface area contributed by atoms with Crippen LogP contribution in [0.2, 0.25) is 0 Å². The summed E-state index contributed by atoms with van der Waals surface area (Å²) in [6, 6.07) is 11.2. The quantitative estimate of drug-likeness (QED) is 0.418. The van der Waals surface area contributed by atoms with Crippen LogP contribution in [-0.2, 0) is 16.1 Å². The number of rotatable bonds is 8. The van der Waals surface area contributed by atoms with Gasteiger partial charge in [0.2, 0.25) is 0 Å². The molecule has 7 heteroatoms. The van der Waals surface area contributed by atoms with E-state index in [1.54, 1.807) is 13.2 Å². The number of thiophene rings is 1. The highest BCUT2D eigenvalue weighted by molar-refractivity contribution is 7.13. The van der Waals surface area contributed by atoms with Crippen LogP contribution in [0.5, 0.6) is 5.75 Å². The highest BCUT2D eigenvalue weighted by Gasteiger charge is 2.12. The van der Waals surface area contributed by atoms with Crippen molar-refractivity contribution in [2.75, 3.05) is 7.11 Å². The predicted molar refractivity (Wildman–Crippen MR) is 102 cm³/mol. The minimum Gasteiger partial charge on any atom is -0.497 e. The number of esters is 1. The average molecular weight is 387 g/mol. The molecule has 0 atom stereocenters. The molecule has 5 nitrogen and oxygen atoms in total. The lowest BCUT2D eigenvalue weighted by Gasteiger charge is -2.03. The molecule has 0 fully saturated rings. The SMILES string of the molecule is COc1cccc(-c2nc(COC(=O)CCC(=O)c3cccs3)cs2)c1. The Labute approximate surface area is 159 Å². The van der Waals surface area contributed by atoms with Gasteiger partial charge in [-0.3, -0.25) is 9.59 Å². The van der Waals surface area contributed by atoms with E-state index in [2.05, 4.69) is 4.98 Å². The van der Waals surface area contributed by atoms with E-state index in [0.29, 0.717) is 10.6 Å². The van der Waals surface area contributed by atoms with Crippen molar-refractivity contribution in [3.05, 3.63) is 57.7 Å². The van der Waals surface area contributed by atoms with Gasteiger partial charge in [0.1, 0.15) is 17.4 Å². The largest absolute Gasteiger partial charge is 0.497 e. The number of ketones is 1. The lowest BCUT2D eigenvalue weighted by molar-refractivity contribution is -0.145. The summed E-state index contributed by atoms with van der Waals surface area (Å²) in [5, 5.41) is 4.54.